The van der Waals surface area contributed by atoms with E-state index in [9.17, 15) is 18.3 Å². The molecule has 0 bridgehead atoms. The van der Waals surface area contributed by atoms with E-state index in [1.165, 1.54) is 0 Å². The molecule has 0 aromatic heterocycles. The van der Waals surface area contributed by atoms with Gasteiger partial charge in [-0.15, -0.1) is 0 Å². The van der Waals surface area contributed by atoms with Gasteiger partial charge in [0.15, 0.2) is 0 Å². The Kier molecular flexibility index (Phi) is 5.96. The number of rotatable bonds is 7. The quantitative estimate of drug-likeness (QED) is 0.229. The van der Waals surface area contributed by atoms with Crippen molar-refractivity contribution in [1.82, 2.24) is 0 Å². The Balaban J connectivity index is 4.87. The molecule has 0 saturated carbocycles. The predicted octanol–water partition coefficient (Wildman–Crippen LogP) is -3.59. The summed E-state index contributed by atoms with van der Waals surface area (Å²) < 4.78 is 33.1. The minimum absolute atomic E-state index is 0.0587. The molecule has 4 atom stereocenters. The molecule has 0 unspecified atom stereocenters. The van der Waals surface area contributed by atoms with Gasteiger partial charge in [0, 0.05) is 0 Å². The van der Waals surface area contributed by atoms with Crippen LogP contribution in [-0.4, -0.2) is 65.5 Å². The van der Waals surface area contributed by atoms with Crippen LogP contribution in [0, 0.1) is 0 Å². The van der Waals surface area contributed by atoms with E-state index in [1.807, 2.05) is 0 Å². The maximum absolute atomic E-state index is 10.4. The highest BCUT2D eigenvalue weighted by Gasteiger charge is 2.35. The molecule has 6 N–H and O–H groups in total. The average Bonchev–Trinajstić information content (AvgIpc) is 2.21. The molecule has 0 aromatic rings. The highest BCUT2D eigenvalue weighted by Crippen LogP contribution is 2.09. The summed E-state index contributed by atoms with van der Waals surface area (Å²) in [5.74, 6) is 0. The number of aldehydes is 1. The topological polar surface area (TPSA) is 167 Å². The smallest absolute Gasteiger partial charge is 0.394 e. The summed E-state index contributed by atoms with van der Waals surface area (Å²) in [6, 6.07) is -1.60. The molecule has 0 aliphatic carbocycles. The van der Waals surface area contributed by atoms with Crippen LogP contribution < -0.4 is 5.73 Å². The van der Waals surface area contributed by atoms with Gasteiger partial charge in [0.2, 0.25) is 0 Å². The van der Waals surface area contributed by atoms with Crippen LogP contribution in [0.4, 0.5) is 0 Å². The largest absolute Gasteiger partial charge is 0.397 e. The molecule has 96 valence electrons. The molecule has 0 radical (unpaired) electrons. The molecule has 0 rings (SSSR count). The van der Waals surface area contributed by atoms with Crippen LogP contribution in [0.15, 0.2) is 0 Å². The lowest BCUT2D eigenvalue weighted by Crippen LogP contribution is -2.52. The maximum atomic E-state index is 10.4. The molecule has 0 heterocycles. The minimum atomic E-state index is -4.96. The average molecular weight is 259 g/mol. The highest BCUT2D eigenvalue weighted by molar-refractivity contribution is 7.80. The molecular weight excluding hydrogens is 246 g/mol. The number of carbonyl (C=O) groups excluding carboxylic acids is 1. The van der Waals surface area contributed by atoms with Gasteiger partial charge in [0.05, 0.1) is 12.6 Å². The van der Waals surface area contributed by atoms with E-state index in [-0.39, 0.29) is 6.29 Å². The fourth-order valence-electron chi connectivity index (χ4n) is 0.894. The first-order chi connectivity index (χ1) is 7.22. The third-order valence-corrected chi connectivity index (χ3v) is 2.15. The second-order valence-corrected chi connectivity index (χ2v) is 3.99. The van der Waals surface area contributed by atoms with Crippen LogP contribution in [0.25, 0.3) is 0 Å². The molecule has 0 aromatic carbocycles. The van der Waals surface area contributed by atoms with E-state index in [2.05, 4.69) is 4.18 Å². The zero-order chi connectivity index (χ0) is 12.9. The number of carbonyl (C=O) groups is 1. The van der Waals surface area contributed by atoms with Crippen LogP contribution in [0.5, 0.6) is 0 Å². The first kappa shape index (κ1) is 15.4. The predicted molar refractivity (Wildman–Crippen MR) is 49.6 cm³/mol. The second kappa shape index (κ2) is 6.20. The van der Waals surface area contributed by atoms with Crippen molar-refractivity contribution in [2.45, 2.75) is 24.4 Å². The van der Waals surface area contributed by atoms with Gasteiger partial charge >= 0.3 is 10.4 Å². The van der Waals surface area contributed by atoms with E-state index >= 15 is 0 Å². The maximum Gasteiger partial charge on any atom is 0.397 e. The number of nitrogens with two attached hydrogens (primary N) is 1. The monoisotopic (exact) mass is 259 g/mol. The number of aliphatic hydroxyl groups excluding tert-OH is 3. The Morgan fingerprint density at radius 1 is 1.38 bits per heavy atom. The van der Waals surface area contributed by atoms with Crippen molar-refractivity contribution in [3.05, 3.63) is 0 Å². The molecule has 0 saturated heterocycles. The van der Waals surface area contributed by atoms with Gasteiger partial charge < -0.3 is 25.8 Å². The van der Waals surface area contributed by atoms with E-state index < -0.39 is 41.4 Å². The Hall–Kier alpha value is -0.620. The van der Waals surface area contributed by atoms with Crippen molar-refractivity contribution in [1.29, 1.82) is 0 Å². The zero-order valence-corrected chi connectivity index (χ0v) is 8.82. The second-order valence-electron chi connectivity index (χ2n) is 2.94. The van der Waals surface area contributed by atoms with E-state index in [1.54, 1.807) is 0 Å². The van der Waals surface area contributed by atoms with Crippen LogP contribution in [0.1, 0.15) is 0 Å². The van der Waals surface area contributed by atoms with E-state index in [4.69, 9.17) is 20.5 Å². The Bertz CT molecular complexity index is 316. The third-order valence-electron chi connectivity index (χ3n) is 1.69. The molecule has 0 fully saturated rings. The van der Waals surface area contributed by atoms with Crippen molar-refractivity contribution < 1.29 is 37.3 Å². The number of hydrogen-bond acceptors (Lipinski definition) is 8. The minimum Gasteiger partial charge on any atom is -0.394 e. The fourth-order valence-corrected chi connectivity index (χ4v) is 1.42. The summed E-state index contributed by atoms with van der Waals surface area (Å²) in [5, 5.41) is 26.8. The van der Waals surface area contributed by atoms with Crippen molar-refractivity contribution in [3.8, 4) is 0 Å². The van der Waals surface area contributed by atoms with Crippen LogP contribution in [0.2, 0.25) is 0 Å². The first-order valence-corrected chi connectivity index (χ1v) is 5.43. The van der Waals surface area contributed by atoms with Gasteiger partial charge in [-0.25, -0.2) is 4.18 Å². The lowest BCUT2D eigenvalue weighted by atomic mass is 10.0. The lowest BCUT2D eigenvalue weighted by Gasteiger charge is -2.26. The van der Waals surface area contributed by atoms with Gasteiger partial charge in [-0.3, -0.25) is 4.55 Å². The van der Waals surface area contributed by atoms with E-state index in [0.717, 1.165) is 0 Å². The fraction of sp³-hybridized carbons (Fsp3) is 0.833. The number of hydrogen-bond donors (Lipinski definition) is 5. The normalized spacial score (nSPS) is 19.8. The van der Waals surface area contributed by atoms with Crippen molar-refractivity contribution in [3.63, 3.8) is 0 Å². The van der Waals surface area contributed by atoms with Gasteiger partial charge in [-0.2, -0.15) is 8.42 Å². The molecular formula is C6H13NO8S. The van der Waals surface area contributed by atoms with Crippen LogP contribution in [0.3, 0.4) is 0 Å². The first-order valence-electron chi connectivity index (χ1n) is 4.06. The van der Waals surface area contributed by atoms with Crippen LogP contribution >= 0.6 is 0 Å². The molecule has 0 aliphatic rings. The Labute approximate surface area is 91.4 Å². The molecule has 0 spiro atoms. The standard InChI is InChI=1S/C6H13NO8S/c7-3(1-8)6(15-16(12,13)14)5(11)4(10)2-9/h1,3-6,9-11H,2,7H2,(H,12,13,14)/t3-,4+,5+,6+/m0/s1. The summed E-state index contributed by atoms with van der Waals surface area (Å²) in [6.07, 6.45) is -5.55. The number of aliphatic hydroxyl groups is 3. The summed E-state index contributed by atoms with van der Waals surface area (Å²) in [7, 11) is -4.96. The SMILES string of the molecule is N[C@@H](C=O)[C@@H](OS(=O)(=O)O)[C@H](O)[C@H](O)CO. The van der Waals surface area contributed by atoms with Crippen molar-refractivity contribution in [2.24, 2.45) is 5.73 Å². The Morgan fingerprint density at radius 2 is 1.88 bits per heavy atom. The third kappa shape index (κ3) is 4.94. The molecule has 0 amide bonds. The lowest BCUT2D eigenvalue weighted by molar-refractivity contribution is -0.116. The molecule has 10 heteroatoms. The summed E-state index contributed by atoms with van der Waals surface area (Å²) in [6.45, 7) is -0.905. The van der Waals surface area contributed by atoms with Gasteiger partial charge in [0.1, 0.15) is 24.6 Å². The van der Waals surface area contributed by atoms with Crippen molar-refractivity contribution in [2.75, 3.05) is 6.61 Å². The Morgan fingerprint density at radius 3 is 2.19 bits per heavy atom. The van der Waals surface area contributed by atoms with Crippen LogP contribution in [-0.2, 0) is 19.4 Å². The van der Waals surface area contributed by atoms with Gasteiger partial charge in [0.25, 0.3) is 0 Å². The zero-order valence-electron chi connectivity index (χ0n) is 8.00. The van der Waals surface area contributed by atoms with Crippen molar-refractivity contribution >= 4 is 16.7 Å². The van der Waals surface area contributed by atoms with Gasteiger partial charge in [-0.05, 0) is 0 Å². The summed E-state index contributed by atoms with van der Waals surface area (Å²) in [4.78, 5) is 10.3. The molecule has 9 nitrogen and oxygen atoms in total. The van der Waals surface area contributed by atoms with Gasteiger partial charge in [-0.1, -0.05) is 0 Å². The summed E-state index contributed by atoms with van der Waals surface area (Å²) >= 11 is 0. The molecule has 16 heavy (non-hydrogen) atoms. The molecule has 0 aliphatic heterocycles. The van der Waals surface area contributed by atoms with E-state index in [0.29, 0.717) is 0 Å². The highest BCUT2D eigenvalue weighted by atomic mass is 32.3. The summed E-state index contributed by atoms with van der Waals surface area (Å²) in [5.41, 5.74) is 5.10.